The highest BCUT2D eigenvalue weighted by atomic mass is 16.2. The van der Waals surface area contributed by atoms with Gasteiger partial charge in [0.2, 0.25) is 23.6 Å². The van der Waals surface area contributed by atoms with Crippen LogP contribution in [0.25, 0.3) is 21.8 Å². The number of hydrogen-bond acceptors (Lipinski definition) is 4. The maximum absolute atomic E-state index is 14.1. The number of carbonyl (C=O) groups is 4. The van der Waals surface area contributed by atoms with Crippen molar-refractivity contribution in [1.82, 2.24) is 30.8 Å². The number of H-pyrrole nitrogens is 2. The Labute approximate surface area is 250 Å². The Hall–Kier alpha value is -4.60. The number of fused-ring (bicyclic) bond motifs is 3. The molecule has 6 rings (SSSR count). The van der Waals surface area contributed by atoms with Crippen LogP contribution in [0.1, 0.15) is 44.2 Å². The van der Waals surface area contributed by atoms with E-state index in [1.54, 1.807) is 4.90 Å². The van der Waals surface area contributed by atoms with Crippen molar-refractivity contribution in [3.05, 3.63) is 72.1 Å². The zero-order chi connectivity index (χ0) is 30.1. The number of nitrogens with zero attached hydrogens (tertiary/aromatic N) is 1. The fourth-order valence-corrected chi connectivity index (χ4v) is 6.47. The monoisotopic (exact) mass is 582 g/mol. The summed E-state index contributed by atoms with van der Waals surface area (Å²) in [4.78, 5) is 63.5. The van der Waals surface area contributed by atoms with Crippen LogP contribution in [0.2, 0.25) is 0 Å². The van der Waals surface area contributed by atoms with Crippen LogP contribution in [-0.4, -0.2) is 69.2 Å². The molecule has 0 aliphatic carbocycles. The van der Waals surface area contributed by atoms with E-state index in [4.69, 9.17) is 0 Å². The Morgan fingerprint density at radius 3 is 1.88 bits per heavy atom. The lowest BCUT2D eigenvalue weighted by atomic mass is 9.98. The first-order valence-electron chi connectivity index (χ1n) is 15.1. The van der Waals surface area contributed by atoms with Gasteiger partial charge in [-0.3, -0.25) is 19.2 Å². The second-order valence-corrected chi connectivity index (χ2v) is 12.1. The average Bonchev–Trinajstić information content (AvgIpc) is 3.74. The maximum Gasteiger partial charge on any atom is 0.246 e. The Morgan fingerprint density at radius 1 is 0.721 bits per heavy atom. The predicted molar refractivity (Wildman–Crippen MR) is 164 cm³/mol. The second kappa shape index (κ2) is 11.9. The molecule has 0 bridgehead atoms. The van der Waals surface area contributed by atoms with Crippen LogP contribution >= 0.6 is 0 Å². The minimum absolute atomic E-state index is 0.117. The molecule has 43 heavy (non-hydrogen) atoms. The minimum Gasteiger partial charge on any atom is -0.361 e. The smallest absolute Gasteiger partial charge is 0.246 e. The average molecular weight is 583 g/mol. The van der Waals surface area contributed by atoms with Gasteiger partial charge in [0, 0.05) is 53.6 Å². The molecule has 4 amide bonds. The van der Waals surface area contributed by atoms with Crippen LogP contribution in [0.5, 0.6) is 0 Å². The molecule has 0 spiro atoms. The molecular formula is C33H38N6O4. The van der Waals surface area contributed by atoms with E-state index in [9.17, 15) is 19.2 Å². The zero-order valence-electron chi connectivity index (χ0n) is 24.5. The summed E-state index contributed by atoms with van der Waals surface area (Å²) in [5.74, 6) is -1.37. The molecule has 2 aliphatic rings. The van der Waals surface area contributed by atoms with Crippen LogP contribution in [0, 0.1) is 5.92 Å². The molecule has 2 aromatic carbocycles. The lowest BCUT2D eigenvalue weighted by Crippen LogP contribution is -2.62. The molecule has 0 radical (unpaired) electrons. The number of para-hydroxylation sites is 2. The summed E-state index contributed by atoms with van der Waals surface area (Å²) < 4.78 is 0. The van der Waals surface area contributed by atoms with Crippen molar-refractivity contribution in [3.8, 4) is 0 Å². The number of aromatic nitrogens is 2. The van der Waals surface area contributed by atoms with Gasteiger partial charge in [-0.15, -0.1) is 0 Å². The van der Waals surface area contributed by atoms with E-state index >= 15 is 0 Å². The quantitative estimate of drug-likeness (QED) is 0.239. The van der Waals surface area contributed by atoms with Crippen molar-refractivity contribution in [1.29, 1.82) is 0 Å². The van der Waals surface area contributed by atoms with Crippen molar-refractivity contribution in [2.45, 2.75) is 70.1 Å². The number of carbonyl (C=O) groups excluding carboxylic acids is 4. The SMILES string of the molecule is CC(C)C[C@@H]1NC(=O)[C@H]2CCCN2C(=O)[C@H](Cc2c[nH]c3ccccc23)NC(=O)[C@H](Cc2c[nH]c3ccccc23)NC1=O. The molecule has 0 unspecified atom stereocenters. The van der Waals surface area contributed by atoms with Crippen LogP contribution in [-0.2, 0) is 32.0 Å². The maximum atomic E-state index is 14.1. The van der Waals surface area contributed by atoms with Crippen LogP contribution in [0.4, 0.5) is 0 Å². The first kappa shape index (κ1) is 28.5. The van der Waals surface area contributed by atoms with Crippen molar-refractivity contribution < 1.29 is 19.2 Å². The van der Waals surface area contributed by atoms with Crippen LogP contribution in [0.15, 0.2) is 60.9 Å². The molecule has 4 aromatic rings. The summed E-state index contributed by atoms with van der Waals surface area (Å²) in [6.45, 7) is 4.37. The lowest BCUT2D eigenvalue weighted by molar-refractivity contribution is -0.143. The summed E-state index contributed by atoms with van der Waals surface area (Å²) in [6.07, 6.45) is 5.73. The van der Waals surface area contributed by atoms with E-state index in [2.05, 4.69) is 25.9 Å². The van der Waals surface area contributed by atoms with Gasteiger partial charge in [-0.1, -0.05) is 50.2 Å². The number of benzene rings is 2. The Balaban J connectivity index is 1.37. The van der Waals surface area contributed by atoms with Gasteiger partial charge in [0.25, 0.3) is 0 Å². The van der Waals surface area contributed by atoms with Crippen molar-refractivity contribution in [3.63, 3.8) is 0 Å². The van der Waals surface area contributed by atoms with Gasteiger partial charge in [0.15, 0.2) is 0 Å². The molecule has 4 atom stereocenters. The van der Waals surface area contributed by atoms with Crippen molar-refractivity contribution in [2.75, 3.05) is 6.54 Å². The van der Waals surface area contributed by atoms with Gasteiger partial charge in [0.1, 0.15) is 24.2 Å². The zero-order valence-corrected chi connectivity index (χ0v) is 24.5. The Morgan fingerprint density at radius 2 is 1.26 bits per heavy atom. The summed E-state index contributed by atoms with van der Waals surface area (Å²) in [5, 5.41) is 10.8. The van der Waals surface area contributed by atoms with E-state index in [-0.39, 0.29) is 30.6 Å². The first-order chi connectivity index (χ1) is 20.8. The Kier molecular flexibility index (Phi) is 7.92. The third-order valence-corrected chi connectivity index (χ3v) is 8.62. The number of nitrogens with one attached hydrogen (secondary N) is 5. The predicted octanol–water partition coefficient (Wildman–Crippen LogP) is 2.94. The minimum atomic E-state index is -0.967. The van der Waals surface area contributed by atoms with E-state index in [1.165, 1.54) is 0 Å². The molecule has 4 heterocycles. The van der Waals surface area contributed by atoms with Gasteiger partial charge in [-0.2, -0.15) is 0 Å². The van der Waals surface area contributed by atoms with E-state index in [0.29, 0.717) is 25.8 Å². The molecule has 10 heteroatoms. The van der Waals surface area contributed by atoms with Gasteiger partial charge < -0.3 is 30.8 Å². The summed E-state index contributed by atoms with van der Waals surface area (Å²) >= 11 is 0. The van der Waals surface area contributed by atoms with Gasteiger partial charge in [-0.25, -0.2) is 0 Å². The second-order valence-electron chi connectivity index (χ2n) is 12.1. The summed E-state index contributed by atoms with van der Waals surface area (Å²) in [5.41, 5.74) is 3.61. The van der Waals surface area contributed by atoms with Gasteiger partial charge >= 0.3 is 0 Å². The molecule has 2 aromatic heterocycles. The topological polar surface area (TPSA) is 139 Å². The molecule has 224 valence electrons. The standard InChI is InChI=1S/C33H38N6O4/c1-19(2)14-26-30(40)36-27(15-20-17-34-24-10-5-3-8-22(20)24)31(41)38-28(16-21-18-35-25-11-6-4-9-23(21)25)33(43)39-13-7-12-29(39)32(42)37-26/h3-6,8-11,17-19,26-29,34-35H,7,12-16H2,1-2H3,(H,36,40)(H,37,42)(H,38,41)/t26-,27-,28-,29+/m0/s1. The van der Waals surface area contributed by atoms with Crippen LogP contribution < -0.4 is 16.0 Å². The molecular weight excluding hydrogens is 544 g/mol. The summed E-state index contributed by atoms with van der Waals surface area (Å²) in [7, 11) is 0. The fraction of sp³-hybridized carbons (Fsp3) is 0.394. The van der Waals surface area contributed by atoms with E-state index in [0.717, 1.165) is 32.9 Å². The number of amides is 4. The van der Waals surface area contributed by atoms with Crippen molar-refractivity contribution >= 4 is 45.4 Å². The number of aromatic amines is 2. The highest BCUT2D eigenvalue weighted by Crippen LogP contribution is 2.24. The molecule has 2 fully saturated rings. The van der Waals surface area contributed by atoms with Gasteiger partial charge in [0.05, 0.1) is 0 Å². The highest BCUT2D eigenvalue weighted by molar-refractivity contribution is 5.98. The van der Waals surface area contributed by atoms with Crippen molar-refractivity contribution in [2.24, 2.45) is 5.92 Å². The fourth-order valence-electron chi connectivity index (χ4n) is 6.47. The number of rotatable bonds is 6. The van der Waals surface area contributed by atoms with Crippen LogP contribution in [0.3, 0.4) is 0 Å². The summed E-state index contributed by atoms with van der Waals surface area (Å²) in [6, 6.07) is 12.2. The molecule has 2 aliphatic heterocycles. The third kappa shape index (κ3) is 5.86. The molecule has 5 N–H and O–H groups in total. The number of hydrogen-bond donors (Lipinski definition) is 5. The Bertz CT molecular complexity index is 1670. The normalized spacial score (nSPS) is 23.6. The third-order valence-electron chi connectivity index (χ3n) is 8.62. The highest BCUT2D eigenvalue weighted by Gasteiger charge is 2.41. The first-order valence-corrected chi connectivity index (χ1v) is 15.1. The lowest BCUT2D eigenvalue weighted by Gasteiger charge is -2.32. The molecule has 2 saturated heterocycles. The van der Waals surface area contributed by atoms with E-state index < -0.39 is 36.0 Å². The van der Waals surface area contributed by atoms with Gasteiger partial charge in [-0.05, 0) is 48.4 Å². The largest absolute Gasteiger partial charge is 0.361 e. The van der Waals surface area contributed by atoms with E-state index in [1.807, 2.05) is 74.8 Å². The molecule has 10 nitrogen and oxygen atoms in total. The molecule has 0 saturated carbocycles.